The van der Waals surface area contributed by atoms with Crippen molar-refractivity contribution in [2.24, 2.45) is 5.73 Å². The Morgan fingerprint density at radius 3 is 2.31 bits per heavy atom. The van der Waals surface area contributed by atoms with Crippen LogP contribution in [0.3, 0.4) is 0 Å². The van der Waals surface area contributed by atoms with Gasteiger partial charge in [-0.15, -0.1) is 0 Å². The number of nitrogens with two attached hydrogens (primary N) is 1. The predicted molar refractivity (Wildman–Crippen MR) is 137 cm³/mol. The van der Waals surface area contributed by atoms with Crippen molar-refractivity contribution >= 4 is 17.9 Å². The molecule has 1 atom stereocenters. The first-order chi connectivity index (χ1) is 17.3. The van der Waals surface area contributed by atoms with E-state index in [9.17, 15) is 19.5 Å². The lowest BCUT2D eigenvalue weighted by atomic mass is 10.0. The van der Waals surface area contributed by atoms with Crippen molar-refractivity contribution in [2.75, 3.05) is 33.8 Å². The van der Waals surface area contributed by atoms with Crippen molar-refractivity contribution in [1.29, 1.82) is 0 Å². The summed E-state index contributed by atoms with van der Waals surface area (Å²) in [7, 11) is 3.12. The minimum absolute atomic E-state index is 0.0275. The molecule has 1 heterocycles. The quantitative estimate of drug-likeness (QED) is 0.489. The number of amides is 3. The van der Waals surface area contributed by atoms with Crippen LogP contribution in [0.1, 0.15) is 51.1 Å². The molecular formula is C27H36N4O5. The van der Waals surface area contributed by atoms with Crippen LogP contribution in [0, 0.1) is 0 Å². The van der Waals surface area contributed by atoms with Crippen LogP contribution in [0.4, 0.5) is 4.79 Å². The van der Waals surface area contributed by atoms with Crippen molar-refractivity contribution < 1.29 is 24.2 Å². The van der Waals surface area contributed by atoms with Crippen LogP contribution >= 0.6 is 0 Å². The molecule has 0 aromatic heterocycles. The van der Waals surface area contributed by atoms with Gasteiger partial charge in [0.15, 0.2) is 0 Å². The molecule has 0 spiro atoms. The van der Waals surface area contributed by atoms with Crippen LogP contribution in [0.15, 0.2) is 48.5 Å². The van der Waals surface area contributed by atoms with E-state index in [1.165, 1.54) is 7.11 Å². The number of aliphatic hydroxyl groups is 1. The van der Waals surface area contributed by atoms with E-state index in [0.29, 0.717) is 56.4 Å². The van der Waals surface area contributed by atoms with Gasteiger partial charge in [-0.3, -0.25) is 9.59 Å². The van der Waals surface area contributed by atoms with Crippen molar-refractivity contribution in [2.45, 2.75) is 44.4 Å². The minimum atomic E-state index is -0.681. The van der Waals surface area contributed by atoms with Crippen molar-refractivity contribution in [3.8, 4) is 0 Å². The number of hydrogen-bond acceptors (Lipinski definition) is 6. The number of carbonyl (C=O) groups is 3. The fourth-order valence-electron chi connectivity index (χ4n) is 4.44. The lowest BCUT2D eigenvalue weighted by molar-refractivity contribution is 0.0623. The fourth-order valence-corrected chi connectivity index (χ4v) is 4.44. The third-order valence-corrected chi connectivity index (χ3v) is 6.74. The first-order valence-corrected chi connectivity index (χ1v) is 12.3. The van der Waals surface area contributed by atoms with Gasteiger partial charge >= 0.3 is 6.09 Å². The number of ether oxygens (including phenoxy) is 1. The van der Waals surface area contributed by atoms with Crippen LogP contribution in [0.25, 0.3) is 0 Å². The molecular weight excluding hydrogens is 460 g/mol. The Labute approximate surface area is 212 Å². The number of nitrogens with zero attached hydrogens (tertiary/aromatic N) is 2. The maximum absolute atomic E-state index is 12.9. The molecule has 2 aromatic carbocycles. The van der Waals surface area contributed by atoms with Crippen molar-refractivity contribution in [3.05, 3.63) is 70.8 Å². The number of benzene rings is 2. The topological polar surface area (TPSA) is 125 Å². The van der Waals surface area contributed by atoms with Crippen molar-refractivity contribution in [3.63, 3.8) is 0 Å². The number of carbonyl (C=O) groups excluding carboxylic acids is 3. The number of aryl methyl sites for hydroxylation is 1. The fraction of sp³-hybridized carbons (Fsp3) is 0.444. The summed E-state index contributed by atoms with van der Waals surface area (Å²) in [6, 6.07) is 14.4. The van der Waals surface area contributed by atoms with Gasteiger partial charge in [0.25, 0.3) is 11.8 Å². The minimum Gasteiger partial charge on any atom is -0.453 e. The average Bonchev–Trinajstić information content (AvgIpc) is 2.93. The summed E-state index contributed by atoms with van der Waals surface area (Å²) in [6.07, 6.45) is 1.52. The molecule has 9 nitrogen and oxygen atoms in total. The molecule has 3 rings (SSSR count). The summed E-state index contributed by atoms with van der Waals surface area (Å²) >= 11 is 0. The Kier molecular flexibility index (Phi) is 9.84. The third kappa shape index (κ3) is 7.05. The van der Waals surface area contributed by atoms with Gasteiger partial charge in [-0.05, 0) is 61.1 Å². The Bertz CT molecular complexity index is 1030. The highest BCUT2D eigenvalue weighted by atomic mass is 16.5. The number of rotatable bonds is 9. The molecule has 9 heteroatoms. The summed E-state index contributed by atoms with van der Waals surface area (Å²) in [4.78, 5) is 40.4. The van der Waals surface area contributed by atoms with Crippen LogP contribution < -0.4 is 11.1 Å². The number of methoxy groups -OCH3 is 1. The zero-order chi connectivity index (χ0) is 26.1. The zero-order valence-electron chi connectivity index (χ0n) is 21.0. The van der Waals surface area contributed by atoms with Crippen molar-refractivity contribution in [1.82, 2.24) is 15.1 Å². The average molecular weight is 497 g/mol. The number of likely N-dealkylation sites (tertiary alicyclic amines) is 1. The first kappa shape index (κ1) is 27.2. The number of hydrogen-bond donors (Lipinski definition) is 3. The number of nitrogens with one attached hydrogen (secondary N) is 1. The van der Waals surface area contributed by atoms with Crippen LogP contribution in [-0.4, -0.2) is 78.8 Å². The first-order valence-electron chi connectivity index (χ1n) is 12.3. The molecule has 0 saturated carbocycles. The summed E-state index contributed by atoms with van der Waals surface area (Å²) < 4.78 is 4.76. The SMILES string of the molecule is COC(=O)N1CCC(N(C)C(=O)c2ccc(C(=O)NC[C@@H](O)CCc3ccccc3CN)cc2)CC1. The molecule has 1 aliphatic rings. The Hall–Kier alpha value is -3.43. The summed E-state index contributed by atoms with van der Waals surface area (Å²) in [5.74, 6) is -0.439. The van der Waals surface area contributed by atoms with Crippen LogP contribution in [0.5, 0.6) is 0 Å². The number of aliphatic hydroxyl groups excluding tert-OH is 1. The second-order valence-electron chi connectivity index (χ2n) is 9.06. The van der Waals surface area contributed by atoms with Gasteiger partial charge in [0.05, 0.1) is 13.2 Å². The van der Waals surface area contributed by atoms with E-state index in [4.69, 9.17) is 10.5 Å². The molecule has 0 unspecified atom stereocenters. The lowest BCUT2D eigenvalue weighted by Crippen LogP contribution is -2.47. The highest BCUT2D eigenvalue weighted by Crippen LogP contribution is 2.19. The maximum Gasteiger partial charge on any atom is 0.409 e. The normalized spacial score (nSPS) is 14.7. The van der Waals surface area contributed by atoms with Gasteiger partial charge in [0.2, 0.25) is 0 Å². The van der Waals surface area contributed by atoms with Gasteiger partial charge in [-0.25, -0.2) is 4.79 Å². The van der Waals surface area contributed by atoms with E-state index in [1.54, 1.807) is 41.1 Å². The molecule has 0 aliphatic carbocycles. The van der Waals surface area contributed by atoms with Crippen LogP contribution in [0.2, 0.25) is 0 Å². The maximum atomic E-state index is 12.9. The monoisotopic (exact) mass is 496 g/mol. The zero-order valence-corrected chi connectivity index (χ0v) is 21.0. The lowest BCUT2D eigenvalue weighted by Gasteiger charge is -2.36. The van der Waals surface area contributed by atoms with Gasteiger partial charge < -0.3 is 30.7 Å². The molecule has 4 N–H and O–H groups in total. The molecule has 0 radical (unpaired) electrons. The Morgan fingerprint density at radius 1 is 1.08 bits per heavy atom. The highest BCUT2D eigenvalue weighted by Gasteiger charge is 2.28. The molecule has 1 fully saturated rings. The molecule has 36 heavy (non-hydrogen) atoms. The predicted octanol–water partition coefficient (Wildman–Crippen LogP) is 2.17. The van der Waals surface area contributed by atoms with E-state index >= 15 is 0 Å². The Balaban J connectivity index is 1.46. The number of piperidine rings is 1. The summed E-state index contributed by atoms with van der Waals surface area (Å²) in [6.45, 7) is 1.67. The molecule has 2 aromatic rings. The van der Waals surface area contributed by atoms with Crippen LogP contribution in [-0.2, 0) is 17.7 Å². The summed E-state index contributed by atoms with van der Waals surface area (Å²) in [5, 5.41) is 13.1. The smallest absolute Gasteiger partial charge is 0.409 e. The molecule has 0 bridgehead atoms. The molecule has 1 saturated heterocycles. The molecule has 3 amide bonds. The van der Waals surface area contributed by atoms with Gasteiger partial charge in [-0.1, -0.05) is 24.3 Å². The van der Waals surface area contributed by atoms with Gasteiger partial charge in [-0.2, -0.15) is 0 Å². The van der Waals surface area contributed by atoms with E-state index in [1.807, 2.05) is 24.3 Å². The Morgan fingerprint density at radius 2 is 1.69 bits per heavy atom. The second-order valence-corrected chi connectivity index (χ2v) is 9.06. The van der Waals surface area contributed by atoms with E-state index < -0.39 is 6.10 Å². The van der Waals surface area contributed by atoms with E-state index in [0.717, 1.165) is 11.1 Å². The highest BCUT2D eigenvalue weighted by molar-refractivity contribution is 5.97. The standard InChI is InChI=1S/C27H36N4O5/c1-30(23-13-15-31(16-14-23)27(35)36-2)26(34)21-9-7-20(8-10-21)25(33)29-18-24(32)12-11-19-5-3-4-6-22(19)17-28/h3-10,23-24,32H,11-18,28H2,1-2H3,(H,29,33)/t24-/m0/s1. The molecule has 1 aliphatic heterocycles. The van der Waals surface area contributed by atoms with Gasteiger partial charge in [0.1, 0.15) is 0 Å². The largest absolute Gasteiger partial charge is 0.453 e. The third-order valence-electron chi connectivity index (χ3n) is 6.74. The van der Waals surface area contributed by atoms with E-state index in [-0.39, 0.29) is 30.5 Å². The van der Waals surface area contributed by atoms with Gasteiger partial charge in [0, 0.05) is 50.4 Å². The summed E-state index contributed by atoms with van der Waals surface area (Å²) in [5.41, 5.74) is 8.83. The molecule has 194 valence electrons. The second kappa shape index (κ2) is 13.0. The van der Waals surface area contributed by atoms with E-state index in [2.05, 4.69) is 5.32 Å².